The zero-order valence-corrected chi connectivity index (χ0v) is 14.9. The van der Waals surface area contributed by atoms with Gasteiger partial charge < -0.3 is 5.32 Å². The van der Waals surface area contributed by atoms with Gasteiger partial charge >= 0.3 is 0 Å². The van der Waals surface area contributed by atoms with Gasteiger partial charge in [0, 0.05) is 11.9 Å². The van der Waals surface area contributed by atoms with Crippen LogP contribution in [-0.2, 0) is 4.79 Å². The van der Waals surface area contributed by atoms with E-state index >= 15 is 0 Å². The third-order valence-corrected chi connectivity index (χ3v) is 4.13. The topological polar surface area (TPSA) is 41.5 Å². The van der Waals surface area contributed by atoms with Gasteiger partial charge in [-0.05, 0) is 29.8 Å². The first-order valence-corrected chi connectivity index (χ1v) is 8.69. The zero-order valence-electron chi connectivity index (χ0n) is 14.1. The number of rotatable bonds is 6. The Balaban J connectivity index is 1.84. The van der Waals surface area contributed by atoms with Crippen LogP contribution in [0.1, 0.15) is 11.5 Å². The van der Waals surface area contributed by atoms with Gasteiger partial charge in [0.25, 0.3) is 0 Å². The molecule has 3 aromatic carbocycles. The molecule has 0 fully saturated rings. The summed E-state index contributed by atoms with van der Waals surface area (Å²) in [6, 6.07) is 28.5. The van der Waals surface area contributed by atoms with Gasteiger partial charge in [0.05, 0.1) is 11.6 Å². The standard InChI is InChI=1S/C22H18N2OS/c25-21(22(26)24-19-14-8-3-9-15-19)20(17-10-4-1-5-11-17)16-23-18-12-6-2-7-13-18/h1-16,20H,(H,24,26). The Hall–Kier alpha value is -3.11. The summed E-state index contributed by atoms with van der Waals surface area (Å²) >= 11 is 5.34. The molecule has 1 N–H and O–H groups in total. The fourth-order valence-electron chi connectivity index (χ4n) is 2.50. The predicted octanol–water partition coefficient (Wildman–Crippen LogP) is 5.18. The van der Waals surface area contributed by atoms with E-state index in [2.05, 4.69) is 10.3 Å². The minimum Gasteiger partial charge on any atom is -0.344 e. The van der Waals surface area contributed by atoms with Crippen molar-refractivity contribution in [1.29, 1.82) is 0 Å². The molecule has 0 aromatic heterocycles. The molecule has 0 aliphatic heterocycles. The van der Waals surface area contributed by atoms with Crippen LogP contribution in [0, 0.1) is 0 Å². The molecule has 1 unspecified atom stereocenters. The van der Waals surface area contributed by atoms with Crippen molar-refractivity contribution < 1.29 is 4.79 Å². The van der Waals surface area contributed by atoms with E-state index in [-0.39, 0.29) is 10.8 Å². The average molecular weight is 358 g/mol. The van der Waals surface area contributed by atoms with Crippen LogP contribution in [-0.4, -0.2) is 17.0 Å². The van der Waals surface area contributed by atoms with E-state index in [4.69, 9.17) is 12.2 Å². The molecule has 0 saturated heterocycles. The first-order chi connectivity index (χ1) is 12.7. The fraction of sp³-hybridized carbons (Fsp3) is 0.0455. The maximum absolute atomic E-state index is 13.0. The molecule has 0 heterocycles. The summed E-state index contributed by atoms with van der Waals surface area (Å²) in [5.74, 6) is -0.727. The van der Waals surface area contributed by atoms with Gasteiger partial charge in [-0.3, -0.25) is 9.79 Å². The Bertz CT molecular complexity index is 893. The number of hydrogen-bond donors (Lipinski definition) is 1. The smallest absolute Gasteiger partial charge is 0.202 e. The van der Waals surface area contributed by atoms with E-state index in [0.717, 1.165) is 16.9 Å². The highest BCUT2D eigenvalue weighted by molar-refractivity contribution is 7.82. The summed E-state index contributed by atoms with van der Waals surface area (Å²) in [5, 5.41) is 3.01. The van der Waals surface area contributed by atoms with Gasteiger partial charge in [-0.1, -0.05) is 78.9 Å². The molecule has 3 aromatic rings. The Kier molecular flexibility index (Phi) is 6.01. The van der Waals surface area contributed by atoms with Crippen LogP contribution in [0.2, 0.25) is 0 Å². The van der Waals surface area contributed by atoms with Gasteiger partial charge in [-0.25, -0.2) is 0 Å². The number of benzene rings is 3. The number of anilines is 1. The number of nitrogens with zero attached hydrogens (tertiary/aromatic N) is 1. The predicted molar refractivity (Wildman–Crippen MR) is 111 cm³/mol. The van der Waals surface area contributed by atoms with Crippen molar-refractivity contribution >= 4 is 40.6 Å². The van der Waals surface area contributed by atoms with E-state index in [9.17, 15) is 4.79 Å². The Labute approximate surface area is 158 Å². The summed E-state index contributed by atoms with van der Waals surface area (Å²) in [6.45, 7) is 0. The maximum atomic E-state index is 13.0. The van der Waals surface area contributed by atoms with E-state index in [1.54, 1.807) is 6.21 Å². The summed E-state index contributed by atoms with van der Waals surface area (Å²) in [6.07, 6.45) is 1.66. The number of ketones is 1. The minimum atomic E-state index is -0.542. The van der Waals surface area contributed by atoms with Gasteiger partial charge in [0.1, 0.15) is 4.99 Å². The molecule has 0 spiro atoms. The molecule has 128 valence electrons. The second-order valence-corrected chi connectivity index (χ2v) is 6.09. The summed E-state index contributed by atoms with van der Waals surface area (Å²) in [7, 11) is 0. The first kappa shape index (κ1) is 17.7. The van der Waals surface area contributed by atoms with Crippen LogP contribution in [0.15, 0.2) is 96.0 Å². The molecule has 0 radical (unpaired) electrons. The fourth-order valence-corrected chi connectivity index (χ4v) is 2.74. The van der Waals surface area contributed by atoms with E-state index in [1.807, 2.05) is 91.0 Å². The quantitative estimate of drug-likeness (QED) is 0.487. The van der Waals surface area contributed by atoms with Crippen molar-refractivity contribution in [1.82, 2.24) is 0 Å². The van der Waals surface area contributed by atoms with E-state index in [1.165, 1.54) is 0 Å². The lowest BCUT2D eigenvalue weighted by Crippen LogP contribution is -2.27. The van der Waals surface area contributed by atoms with Crippen LogP contribution < -0.4 is 5.32 Å². The van der Waals surface area contributed by atoms with Gasteiger partial charge in [0.15, 0.2) is 0 Å². The Morgan fingerprint density at radius 3 is 2.00 bits per heavy atom. The second kappa shape index (κ2) is 8.83. The molecule has 0 aliphatic carbocycles. The van der Waals surface area contributed by atoms with Crippen molar-refractivity contribution in [2.24, 2.45) is 4.99 Å². The Morgan fingerprint density at radius 2 is 1.38 bits per heavy atom. The molecule has 3 nitrogen and oxygen atoms in total. The third-order valence-electron chi connectivity index (χ3n) is 3.83. The molecule has 0 aliphatic rings. The monoisotopic (exact) mass is 358 g/mol. The number of carbonyl (C=O) groups is 1. The summed E-state index contributed by atoms with van der Waals surface area (Å²) in [5.41, 5.74) is 2.44. The van der Waals surface area contributed by atoms with Crippen LogP contribution in [0.4, 0.5) is 11.4 Å². The molecule has 4 heteroatoms. The summed E-state index contributed by atoms with van der Waals surface area (Å²) in [4.78, 5) is 17.6. The third kappa shape index (κ3) is 4.71. The lowest BCUT2D eigenvalue weighted by molar-refractivity contribution is -0.112. The minimum absolute atomic E-state index is 0.171. The number of carbonyl (C=O) groups excluding carboxylic acids is 1. The number of nitrogens with one attached hydrogen (secondary N) is 1. The zero-order chi connectivity index (χ0) is 18.2. The van der Waals surface area contributed by atoms with Crippen molar-refractivity contribution in [3.05, 3.63) is 96.6 Å². The maximum Gasteiger partial charge on any atom is 0.202 e. The number of thiocarbonyl (C=S) groups is 1. The summed E-state index contributed by atoms with van der Waals surface area (Å²) < 4.78 is 0. The number of hydrogen-bond acceptors (Lipinski definition) is 3. The van der Waals surface area contributed by atoms with Crippen LogP contribution >= 0.6 is 12.2 Å². The largest absolute Gasteiger partial charge is 0.344 e. The number of Topliss-reactive ketones (excluding diaryl/α,β-unsaturated/α-hetero) is 1. The van der Waals surface area contributed by atoms with Crippen LogP contribution in [0.5, 0.6) is 0 Å². The van der Waals surface area contributed by atoms with Gasteiger partial charge in [-0.15, -0.1) is 0 Å². The molecule has 0 amide bonds. The number of para-hydroxylation sites is 2. The molecule has 1 atom stereocenters. The highest BCUT2D eigenvalue weighted by atomic mass is 32.1. The molecular weight excluding hydrogens is 340 g/mol. The lowest BCUT2D eigenvalue weighted by Gasteiger charge is -2.14. The SMILES string of the molecule is O=C(C(=S)Nc1ccccc1)C(C=Nc1ccccc1)c1ccccc1. The van der Waals surface area contributed by atoms with Gasteiger partial charge in [0.2, 0.25) is 5.78 Å². The molecular formula is C22H18N2OS. The molecule has 0 saturated carbocycles. The van der Waals surface area contributed by atoms with E-state index in [0.29, 0.717) is 0 Å². The average Bonchev–Trinajstić information content (AvgIpc) is 2.70. The van der Waals surface area contributed by atoms with Gasteiger partial charge in [-0.2, -0.15) is 0 Å². The van der Waals surface area contributed by atoms with Crippen molar-refractivity contribution in [3.8, 4) is 0 Å². The highest BCUT2D eigenvalue weighted by Crippen LogP contribution is 2.19. The van der Waals surface area contributed by atoms with E-state index < -0.39 is 5.92 Å². The molecule has 3 rings (SSSR count). The lowest BCUT2D eigenvalue weighted by atomic mass is 9.95. The second-order valence-electron chi connectivity index (χ2n) is 5.69. The normalized spacial score (nSPS) is 11.8. The van der Waals surface area contributed by atoms with Crippen molar-refractivity contribution in [2.75, 3.05) is 5.32 Å². The van der Waals surface area contributed by atoms with Crippen LogP contribution in [0.25, 0.3) is 0 Å². The Morgan fingerprint density at radius 1 is 0.846 bits per heavy atom. The molecule has 26 heavy (non-hydrogen) atoms. The van der Waals surface area contributed by atoms with Crippen molar-refractivity contribution in [2.45, 2.75) is 5.92 Å². The van der Waals surface area contributed by atoms with Crippen molar-refractivity contribution in [3.63, 3.8) is 0 Å². The van der Waals surface area contributed by atoms with Crippen LogP contribution in [0.3, 0.4) is 0 Å². The highest BCUT2D eigenvalue weighted by Gasteiger charge is 2.22. The first-order valence-electron chi connectivity index (χ1n) is 8.28. The molecule has 0 bridgehead atoms. The number of aliphatic imine (C=N–C) groups is 1.